The highest BCUT2D eigenvalue weighted by molar-refractivity contribution is 6.15. The molecule has 0 unspecified atom stereocenters. The zero-order valence-electron chi connectivity index (χ0n) is 9.41. The van der Waals surface area contributed by atoms with Gasteiger partial charge in [0, 0.05) is 21.7 Å². The highest BCUT2D eigenvalue weighted by Crippen LogP contribution is 2.30. The second-order valence-corrected chi connectivity index (χ2v) is 4.50. The van der Waals surface area contributed by atoms with Crippen LogP contribution < -0.4 is 0 Å². The number of hydrogen-bond donors (Lipinski definition) is 2. The third-order valence-corrected chi connectivity index (χ3v) is 3.34. The van der Waals surface area contributed by atoms with E-state index in [9.17, 15) is 0 Å². The Kier molecular flexibility index (Phi) is 1.50. The lowest BCUT2D eigenvalue weighted by atomic mass is 10.1. The maximum absolute atomic E-state index is 4.09. The van der Waals surface area contributed by atoms with Crippen LogP contribution in [0, 0.1) is 6.92 Å². The standard InChI is InChI=1S/C14H11N3/c1-8-2-4-10-11-5-3-9-7-15-17-13(9)14(11)16-12(10)6-8/h2-7,16H,1H3,(H,15,17). The number of hydrogen-bond acceptors (Lipinski definition) is 1. The maximum atomic E-state index is 4.09. The van der Waals surface area contributed by atoms with Crippen LogP contribution in [0.4, 0.5) is 0 Å². The predicted molar refractivity (Wildman–Crippen MR) is 70.2 cm³/mol. The predicted octanol–water partition coefficient (Wildman–Crippen LogP) is 3.51. The van der Waals surface area contributed by atoms with Crippen molar-refractivity contribution in [3.63, 3.8) is 0 Å². The van der Waals surface area contributed by atoms with Gasteiger partial charge in [-0.05, 0) is 18.6 Å². The number of nitrogens with zero attached hydrogens (tertiary/aromatic N) is 1. The summed E-state index contributed by atoms with van der Waals surface area (Å²) in [5, 5.41) is 10.8. The molecule has 0 saturated heterocycles. The molecule has 3 heteroatoms. The van der Waals surface area contributed by atoms with E-state index in [1.807, 2.05) is 6.20 Å². The van der Waals surface area contributed by atoms with Crippen molar-refractivity contribution in [2.45, 2.75) is 6.92 Å². The molecule has 2 aromatic carbocycles. The molecule has 82 valence electrons. The Morgan fingerprint density at radius 1 is 1.00 bits per heavy atom. The molecule has 3 nitrogen and oxygen atoms in total. The molecule has 0 saturated carbocycles. The molecule has 0 aliphatic rings. The van der Waals surface area contributed by atoms with Gasteiger partial charge < -0.3 is 4.98 Å². The van der Waals surface area contributed by atoms with Crippen LogP contribution >= 0.6 is 0 Å². The van der Waals surface area contributed by atoms with Gasteiger partial charge in [-0.3, -0.25) is 5.10 Å². The average Bonchev–Trinajstić information content (AvgIpc) is 2.90. The average molecular weight is 221 g/mol. The van der Waals surface area contributed by atoms with Gasteiger partial charge in [0.1, 0.15) is 0 Å². The first-order chi connectivity index (χ1) is 8.33. The van der Waals surface area contributed by atoms with Crippen molar-refractivity contribution in [1.29, 1.82) is 0 Å². The van der Waals surface area contributed by atoms with Crippen molar-refractivity contribution in [2.24, 2.45) is 0 Å². The number of aromatic nitrogens is 3. The molecular weight excluding hydrogens is 210 g/mol. The quantitative estimate of drug-likeness (QED) is 0.469. The van der Waals surface area contributed by atoms with Crippen LogP contribution in [-0.2, 0) is 0 Å². The molecule has 0 aliphatic carbocycles. The van der Waals surface area contributed by atoms with E-state index in [0.29, 0.717) is 0 Å². The largest absolute Gasteiger partial charge is 0.353 e. The van der Waals surface area contributed by atoms with Gasteiger partial charge in [-0.1, -0.05) is 24.3 Å². The summed E-state index contributed by atoms with van der Waals surface area (Å²) in [5.74, 6) is 0. The lowest BCUT2D eigenvalue weighted by molar-refractivity contribution is 1.12. The number of rotatable bonds is 0. The van der Waals surface area contributed by atoms with Gasteiger partial charge in [0.2, 0.25) is 0 Å². The molecule has 2 heterocycles. The molecule has 2 aromatic heterocycles. The monoisotopic (exact) mass is 221 g/mol. The highest BCUT2D eigenvalue weighted by atomic mass is 15.1. The molecule has 0 amide bonds. The summed E-state index contributed by atoms with van der Waals surface area (Å²) in [4.78, 5) is 3.48. The van der Waals surface area contributed by atoms with Crippen LogP contribution in [-0.4, -0.2) is 15.2 Å². The zero-order chi connectivity index (χ0) is 11.4. The first-order valence-corrected chi connectivity index (χ1v) is 5.67. The molecule has 0 spiro atoms. The van der Waals surface area contributed by atoms with Crippen LogP contribution in [0.2, 0.25) is 0 Å². The second-order valence-electron chi connectivity index (χ2n) is 4.50. The van der Waals surface area contributed by atoms with Crippen molar-refractivity contribution in [3.8, 4) is 0 Å². The summed E-state index contributed by atoms with van der Waals surface area (Å²) in [6.07, 6.45) is 1.85. The first kappa shape index (κ1) is 8.82. The fraction of sp³-hybridized carbons (Fsp3) is 0.0714. The van der Waals surface area contributed by atoms with E-state index in [1.54, 1.807) is 0 Å². The van der Waals surface area contributed by atoms with E-state index < -0.39 is 0 Å². The molecule has 0 atom stereocenters. The first-order valence-electron chi connectivity index (χ1n) is 5.67. The Hall–Kier alpha value is -2.29. The number of fused-ring (bicyclic) bond motifs is 5. The smallest absolute Gasteiger partial charge is 0.0891 e. The third kappa shape index (κ3) is 1.08. The van der Waals surface area contributed by atoms with E-state index in [0.717, 1.165) is 16.4 Å². The Balaban J connectivity index is 2.32. The molecule has 0 bridgehead atoms. The molecule has 0 fully saturated rings. The van der Waals surface area contributed by atoms with Crippen LogP contribution in [0.1, 0.15) is 5.56 Å². The second kappa shape index (κ2) is 2.88. The molecule has 4 rings (SSSR count). The Morgan fingerprint density at radius 2 is 1.88 bits per heavy atom. The number of aryl methyl sites for hydroxylation is 1. The van der Waals surface area contributed by atoms with Gasteiger partial charge in [-0.15, -0.1) is 0 Å². The summed E-state index contributed by atoms with van der Waals surface area (Å²) >= 11 is 0. The normalized spacial score (nSPS) is 11.8. The SMILES string of the molecule is Cc1ccc2c(c1)[nH]c1c2ccc2cn[nH]c21. The lowest BCUT2D eigenvalue weighted by Crippen LogP contribution is -1.72. The van der Waals surface area contributed by atoms with E-state index in [4.69, 9.17) is 0 Å². The van der Waals surface area contributed by atoms with E-state index >= 15 is 0 Å². The molecule has 4 aromatic rings. The van der Waals surface area contributed by atoms with Crippen LogP contribution in [0.5, 0.6) is 0 Å². The summed E-state index contributed by atoms with van der Waals surface area (Å²) in [7, 11) is 0. The van der Waals surface area contributed by atoms with Gasteiger partial charge >= 0.3 is 0 Å². The number of aromatic amines is 2. The van der Waals surface area contributed by atoms with Crippen LogP contribution in [0.15, 0.2) is 36.5 Å². The number of nitrogens with one attached hydrogen (secondary N) is 2. The van der Waals surface area contributed by atoms with Crippen molar-refractivity contribution in [1.82, 2.24) is 15.2 Å². The summed E-state index contributed by atoms with van der Waals surface area (Å²) in [6.45, 7) is 2.11. The van der Waals surface area contributed by atoms with Crippen molar-refractivity contribution in [2.75, 3.05) is 0 Å². The summed E-state index contributed by atoms with van der Waals surface area (Å²) < 4.78 is 0. The minimum Gasteiger partial charge on any atom is -0.353 e. The summed E-state index contributed by atoms with van der Waals surface area (Å²) in [5.41, 5.74) is 4.67. The van der Waals surface area contributed by atoms with Gasteiger partial charge in [-0.25, -0.2) is 0 Å². The van der Waals surface area contributed by atoms with E-state index in [-0.39, 0.29) is 0 Å². The fourth-order valence-corrected chi connectivity index (χ4v) is 2.50. The molecule has 0 radical (unpaired) electrons. The Labute approximate surface area is 97.4 Å². The van der Waals surface area contributed by atoms with Gasteiger partial charge in [0.05, 0.1) is 17.2 Å². The van der Waals surface area contributed by atoms with Crippen molar-refractivity contribution in [3.05, 3.63) is 42.1 Å². The number of H-pyrrole nitrogens is 2. The minimum absolute atomic E-state index is 1.08. The Morgan fingerprint density at radius 3 is 2.82 bits per heavy atom. The molecule has 0 aliphatic heterocycles. The molecule has 17 heavy (non-hydrogen) atoms. The van der Waals surface area contributed by atoms with Crippen LogP contribution in [0.3, 0.4) is 0 Å². The number of benzene rings is 2. The highest BCUT2D eigenvalue weighted by Gasteiger charge is 2.08. The third-order valence-electron chi connectivity index (χ3n) is 3.34. The Bertz CT molecular complexity index is 852. The lowest BCUT2D eigenvalue weighted by Gasteiger charge is -1.93. The topological polar surface area (TPSA) is 44.5 Å². The van der Waals surface area contributed by atoms with E-state index in [2.05, 4.69) is 52.4 Å². The molecule has 2 N–H and O–H groups in total. The van der Waals surface area contributed by atoms with Crippen LogP contribution in [0.25, 0.3) is 32.7 Å². The fourth-order valence-electron chi connectivity index (χ4n) is 2.50. The van der Waals surface area contributed by atoms with Gasteiger partial charge in [0.15, 0.2) is 0 Å². The molecular formula is C14H11N3. The van der Waals surface area contributed by atoms with E-state index in [1.165, 1.54) is 21.9 Å². The van der Waals surface area contributed by atoms with Gasteiger partial charge in [-0.2, -0.15) is 5.10 Å². The maximum Gasteiger partial charge on any atom is 0.0891 e. The van der Waals surface area contributed by atoms with Crippen molar-refractivity contribution >= 4 is 32.7 Å². The van der Waals surface area contributed by atoms with Crippen molar-refractivity contribution < 1.29 is 0 Å². The summed E-state index contributed by atoms with van der Waals surface area (Å²) in [6, 6.07) is 10.8. The zero-order valence-corrected chi connectivity index (χ0v) is 9.41. The van der Waals surface area contributed by atoms with Gasteiger partial charge in [0.25, 0.3) is 0 Å². The minimum atomic E-state index is 1.08.